The molecular formula is C17H22O3Se. The normalized spacial score (nSPS) is 22.1. The molecule has 4 heteroatoms. The third-order valence-electron chi connectivity index (χ3n) is 3.42. The molecular weight excluding hydrogens is 331 g/mol. The number of hydrogen-bond acceptors (Lipinski definition) is 3. The van der Waals surface area contributed by atoms with Crippen LogP contribution in [0.3, 0.4) is 0 Å². The van der Waals surface area contributed by atoms with Gasteiger partial charge in [-0.15, -0.1) is 0 Å². The third-order valence-corrected chi connectivity index (χ3v) is 6.33. The topological polar surface area (TPSA) is 35.5 Å². The summed E-state index contributed by atoms with van der Waals surface area (Å²) in [5, 5.41) is 0. The van der Waals surface area contributed by atoms with Crippen molar-refractivity contribution in [1.82, 2.24) is 0 Å². The molecule has 2 unspecified atom stereocenters. The average Bonchev–Trinajstić information content (AvgIpc) is 2.50. The Kier molecular flexibility index (Phi) is 6.84. The van der Waals surface area contributed by atoms with E-state index in [0.29, 0.717) is 26.4 Å². The van der Waals surface area contributed by atoms with E-state index in [9.17, 15) is 4.79 Å². The van der Waals surface area contributed by atoms with E-state index in [0.717, 1.165) is 6.42 Å². The van der Waals surface area contributed by atoms with Crippen LogP contribution in [0.2, 0.25) is 4.82 Å². The molecule has 1 fully saturated rings. The molecule has 2 atom stereocenters. The van der Waals surface area contributed by atoms with E-state index in [1.807, 2.05) is 0 Å². The molecule has 0 N–H and O–H groups in total. The van der Waals surface area contributed by atoms with Crippen LogP contribution in [-0.4, -0.2) is 33.6 Å². The van der Waals surface area contributed by atoms with Gasteiger partial charge in [-0.3, -0.25) is 0 Å². The quantitative estimate of drug-likeness (QED) is 0.341. The maximum atomic E-state index is 11.3. The standard InChI is InChI=1S/C17H22O3Se/c1-2-19-17(18)12-13-20-15-10-6-7-11-16(15)21-14-8-4-3-5-9-14/h3-5,8-9,12-13,15-16H,2,6-7,10-11H2,1H3/b13-12+. The molecule has 0 aromatic heterocycles. The molecule has 0 spiro atoms. The van der Waals surface area contributed by atoms with Gasteiger partial charge in [0.2, 0.25) is 0 Å². The Morgan fingerprint density at radius 2 is 2.05 bits per heavy atom. The van der Waals surface area contributed by atoms with Crippen LogP contribution < -0.4 is 4.46 Å². The third kappa shape index (κ3) is 5.56. The van der Waals surface area contributed by atoms with Crippen molar-refractivity contribution >= 4 is 25.4 Å². The molecule has 3 nitrogen and oxygen atoms in total. The molecule has 2 rings (SSSR count). The monoisotopic (exact) mass is 354 g/mol. The van der Waals surface area contributed by atoms with Gasteiger partial charge in [0.05, 0.1) is 0 Å². The number of rotatable bonds is 6. The zero-order chi connectivity index (χ0) is 14.9. The van der Waals surface area contributed by atoms with E-state index in [1.54, 1.807) is 6.92 Å². The summed E-state index contributed by atoms with van der Waals surface area (Å²) < 4.78 is 12.1. The van der Waals surface area contributed by atoms with E-state index >= 15 is 0 Å². The number of carbonyl (C=O) groups is 1. The molecule has 1 aliphatic carbocycles. The zero-order valence-corrected chi connectivity index (χ0v) is 14.1. The van der Waals surface area contributed by atoms with Crippen molar-refractivity contribution < 1.29 is 14.3 Å². The number of carbonyl (C=O) groups excluding carboxylic acids is 1. The van der Waals surface area contributed by atoms with Crippen LogP contribution in [-0.2, 0) is 14.3 Å². The predicted molar refractivity (Wildman–Crippen MR) is 84.7 cm³/mol. The van der Waals surface area contributed by atoms with Gasteiger partial charge in [0.1, 0.15) is 0 Å². The van der Waals surface area contributed by atoms with Gasteiger partial charge in [0, 0.05) is 0 Å². The van der Waals surface area contributed by atoms with Crippen LogP contribution in [0.15, 0.2) is 42.7 Å². The molecule has 21 heavy (non-hydrogen) atoms. The SMILES string of the molecule is CCOC(=O)/C=C/OC1CCCCC1[Se]c1ccccc1. The van der Waals surface area contributed by atoms with Crippen molar-refractivity contribution in [2.45, 2.75) is 43.5 Å². The van der Waals surface area contributed by atoms with Gasteiger partial charge in [0.25, 0.3) is 0 Å². The first-order chi connectivity index (χ1) is 10.3. The second-order valence-corrected chi connectivity index (χ2v) is 7.74. The Balaban J connectivity index is 1.88. The second kappa shape index (κ2) is 8.91. The summed E-state index contributed by atoms with van der Waals surface area (Å²) in [6.45, 7) is 2.19. The van der Waals surface area contributed by atoms with Crippen LogP contribution >= 0.6 is 0 Å². The fourth-order valence-electron chi connectivity index (χ4n) is 2.41. The minimum atomic E-state index is -0.335. The van der Waals surface area contributed by atoms with Gasteiger partial charge in [-0.1, -0.05) is 0 Å². The number of ether oxygens (including phenoxy) is 2. The number of hydrogen-bond donors (Lipinski definition) is 0. The van der Waals surface area contributed by atoms with Gasteiger partial charge in [-0.2, -0.15) is 0 Å². The molecule has 1 aromatic carbocycles. The molecule has 0 aliphatic heterocycles. The maximum absolute atomic E-state index is 11.3. The molecule has 0 amide bonds. The van der Waals surface area contributed by atoms with Crippen LogP contribution in [0.5, 0.6) is 0 Å². The number of esters is 1. The Hall–Kier alpha value is -1.25. The van der Waals surface area contributed by atoms with Crippen LogP contribution in [0.25, 0.3) is 0 Å². The summed E-state index contributed by atoms with van der Waals surface area (Å²) in [5.74, 6) is -0.335. The summed E-state index contributed by atoms with van der Waals surface area (Å²) in [6, 6.07) is 10.6. The van der Waals surface area contributed by atoms with Crippen molar-refractivity contribution in [1.29, 1.82) is 0 Å². The first kappa shape index (κ1) is 16.1. The van der Waals surface area contributed by atoms with Crippen molar-refractivity contribution in [2.75, 3.05) is 6.61 Å². The van der Waals surface area contributed by atoms with Gasteiger partial charge < -0.3 is 0 Å². The summed E-state index contributed by atoms with van der Waals surface area (Å²) in [7, 11) is 0. The molecule has 0 saturated heterocycles. The summed E-state index contributed by atoms with van der Waals surface area (Å²) in [5.41, 5.74) is 0. The van der Waals surface area contributed by atoms with Crippen LogP contribution in [0, 0.1) is 0 Å². The molecule has 114 valence electrons. The Morgan fingerprint density at radius 1 is 1.29 bits per heavy atom. The van der Waals surface area contributed by atoms with E-state index < -0.39 is 0 Å². The fraction of sp³-hybridized carbons (Fsp3) is 0.471. The Labute approximate surface area is 132 Å². The number of benzene rings is 1. The molecule has 0 heterocycles. The molecule has 1 aliphatic rings. The molecule has 1 aromatic rings. The minimum absolute atomic E-state index is 0.227. The van der Waals surface area contributed by atoms with Gasteiger partial charge in [-0.25, -0.2) is 0 Å². The molecule has 0 radical (unpaired) electrons. The fourth-order valence-corrected chi connectivity index (χ4v) is 5.14. The van der Waals surface area contributed by atoms with Crippen LogP contribution in [0.1, 0.15) is 32.6 Å². The van der Waals surface area contributed by atoms with E-state index in [1.165, 1.54) is 36.1 Å². The first-order valence-corrected chi connectivity index (χ1v) is 9.34. The molecule has 0 bridgehead atoms. The van der Waals surface area contributed by atoms with Crippen molar-refractivity contribution in [3.63, 3.8) is 0 Å². The van der Waals surface area contributed by atoms with Gasteiger partial charge in [-0.05, 0) is 0 Å². The predicted octanol–water partition coefficient (Wildman–Crippen LogP) is 2.84. The summed E-state index contributed by atoms with van der Waals surface area (Å²) in [6.07, 6.45) is 7.90. The van der Waals surface area contributed by atoms with Crippen molar-refractivity contribution in [2.24, 2.45) is 0 Å². The Morgan fingerprint density at radius 3 is 2.81 bits per heavy atom. The Bertz CT molecular complexity index is 458. The van der Waals surface area contributed by atoms with Crippen molar-refractivity contribution in [3.8, 4) is 0 Å². The summed E-state index contributed by atoms with van der Waals surface area (Å²) >= 11 is 0.421. The van der Waals surface area contributed by atoms with E-state index in [4.69, 9.17) is 9.47 Å². The van der Waals surface area contributed by atoms with Gasteiger partial charge >= 0.3 is 132 Å². The second-order valence-electron chi connectivity index (χ2n) is 4.98. The van der Waals surface area contributed by atoms with Gasteiger partial charge in [0.15, 0.2) is 0 Å². The van der Waals surface area contributed by atoms with E-state index in [-0.39, 0.29) is 12.1 Å². The average molecular weight is 353 g/mol. The molecule has 1 saturated carbocycles. The summed E-state index contributed by atoms with van der Waals surface area (Å²) in [4.78, 5) is 11.9. The van der Waals surface area contributed by atoms with Crippen molar-refractivity contribution in [3.05, 3.63) is 42.7 Å². The van der Waals surface area contributed by atoms with Crippen LogP contribution in [0.4, 0.5) is 0 Å². The first-order valence-electron chi connectivity index (χ1n) is 7.50. The van der Waals surface area contributed by atoms with E-state index in [2.05, 4.69) is 30.3 Å². The zero-order valence-electron chi connectivity index (χ0n) is 12.4.